The zero-order chi connectivity index (χ0) is 18.6. The summed E-state index contributed by atoms with van der Waals surface area (Å²) in [5, 5.41) is 11.6. The molecule has 0 bridgehead atoms. The van der Waals surface area contributed by atoms with E-state index in [1.54, 1.807) is 20.8 Å². The fraction of sp³-hybridized carbons (Fsp3) is 0.278. The normalized spacial score (nSPS) is 11.0. The number of carbonyl (C=O) groups excluding carboxylic acids is 1. The van der Waals surface area contributed by atoms with Gasteiger partial charge in [0.15, 0.2) is 0 Å². The average Bonchev–Trinajstić information content (AvgIpc) is 2.52. The zero-order valence-corrected chi connectivity index (χ0v) is 15.0. The molecule has 2 aromatic rings. The van der Waals surface area contributed by atoms with Crippen molar-refractivity contribution in [1.29, 1.82) is 0 Å². The zero-order valence-electron chi connectivity index (χ0n) is 14.2. The van der Waals surface area contributed by atoms with Crippen molar-refractivity contribution in [2.24, 2.45) is 0 Å². The Bertz CT molecular complexity index is 772. The van der Waals surface area contributed by atoms with E-state index < -0.39 is 16.6 Å². The first-order valence-electron chi connectivity index (χ1n) is 7.66. The van der Waals surface area contributed by atoms with Crippen molar-refractivity contribution >= 4 is 29.1 Å². The van der Waals surface area contributed by atoms with Gasteiger partial charge in [-0.1, -0.05) is 41.9 Å². The molecule has 0 spiro atoms. The number of benzene rings is 2. The number of amides is 1. The minimum absolute atomic E-state index is 0.132. The van der Waals surface area contributed by atoms with Crippen molar-refractivity contribution < 1.29 is 14.5 Å². The lowest BCUT2D eigenvalue weighted by Gasteiger charge is -2.27. The summed E-state index contributed by atoms with van der Waals surface area (Å²) in [5.74, 6) is 0. The molecule has 0 saturated heterocycles. The Kier molecular flexibility index (Phi) is 5.64. The Labute approximate surface area is 151 Å². The molecule has 0 aliphatic heterocycles. The Hall–Kier alpha value is -2.60. The highest BCUT2D eigenvalue weighted by Gasteiger charge is 2.29. The largest absolute Gasteiger partial charge is 0.443 e. The van der Waals surface area contributed by atoms with Gasteiger partial charge >= 0.3 is 6.09 Å². The van der Waals surface area contributed by atoms with Crippen molar-refractivity contribution in [3.05, 3.63) is 69.2 Å². The number of rotatable bonds is 4. The van der Waals surface area contributed by atoms with Crippen LogP contribution in [0.25, 0.3) is 0 Å². The standard InChI is InChI=1S/C18H19ClN2O4/c1-18(2,3)25-17(22)20(12-13-7-5-4-6-8-13)15-10-9-14(19)11-16(15)21(23)24/h4-11H,12H2,1-3H3. The van der Waals surface area contributed by atoms with Crippen LogP contribution in [0.1, 0.15) is 26.3 Å². The number of nitro benzene ring substituents is 1. The molecule has 2 aromatic carbocycles. The summed E-state index contributed by atoms with van der Waals surface area (Å²) in [6.45, 7) is 5.35. The number of hydrogen-bond donors (Lipinski definition) is 0. The smallest absolute Gasteiger partial charge is 0.415 e. The van der Waals surface area contributed by atoms with Crippen molar-refractivity contribution in [2.45, 2.75) is 32.9 Å². The van der Waals surface area contributed by atoms with Crippen LogP contribution in [0.5, 0.6) is 0 Å². The van der Waals surface area contributed by atoms with Gasteiger partial charge in [0, 0.05) is 11.1 Å². The molecule has 7 heteroatoms. The predicted octanol–water partition coefficient (Wildman–Crippen LogP) is 5.19. The highest BCUT2D eigenvalue weighted by atomic mass is 35.5. The van der Waals surface area contributed by atoms with E-state index in [0.29, 0.717) is 0 Å². The quantitative estimate of drug-likeness (QED) is 0.554. The molecule has 132 valence electrons. The van der Waals surface area contributed by atoms with Crippen molar-refractivity contribution in [1.82, 2.24) is 0 Å². The third-order valence-corrected chi connectivity index (χ3v) is 3.46. The third-order valence-electron chi connectivity index (χ3n) is 3.22. The van der Waals surface area contributed by atoms with Crippen molar-refractivity contribution in [3.8, 4) is 0 Å². The van der Waals surface area contributed by atoms with Crippen LogP contribution >= 0.6 is 11.6 Å². The summed E-state index contributed by atoms with van der Waals surface area (Å²) in [7, 11) is 0. The minimum Gasteiger partial charge on any atom is -0.443 e. The molecule has 0 aromatic heterocycles. The van der Waals surface area contributed by atoms with Crippen LogP contribution in [-0.4, -0.2) is 16.6 Å². The molecule has 6 nitrogen and oxygen atoms in total. The van der Waals surface area contributed by atoms with Gasteiger partial charge in [0.05, 0.1) is 11.5 Å². The maximum absolute atomic E-state index is 12.7. The number of ether oxygens (including phenoxy) is 1. The number of hydrogen-bond acceptors (Lipinski definition) is 4. The molecule has 2 rings (SSSR count). The molecule has 0 atom stereocenters. The van der Waals surface area contributed by atoms with Crippen LogP contribution in [0, 0.1) is 10.1 Å². The topological polar surface area (TPSA) is 72.7 Å². The maximum atomic E-state index is 12.7. The first-order chi connectivity index (χ1) is 11.7. The Morgan fingerprint density at radius 1 is 1.20 bits per heavy atom. The molecule has 0 aliphatic carbocycles. The first-order valence-corrected chi connectivity index (χ1v) is 8.03. The number of halogens is 1. The summed E-state index contributed by atoms with van der Waals surface area (Å²) in [6.07, 6.45) is -0.665. The lowest BCUT2D eigenvalue weighted by Crippen LogP contribution is -2.36. The number of nitro groups is 1. The van der Waals surface area contributed by atoms with Gasteiger partial charge < -0.3 is 4.74 Å². The molecule has 0 heterocycles. The van der Waals surface area contributed by atoms with Crippen LogP contribution in [0.2, 0.25) is 5.02 Å². The second-order valence-electron chi connectivity index (χ2n) is 6.44. The fourth-order valence-electron chi connectivity index (χ4n) is 2.20. The molecule has 0 aliphatic rings. The summed E-state index contributed by atoms with van der Waals surface area (Å²) >= 11 is 5.87. The lowest BCUT2D eigenvalue weighted by atomic mass is 10.2. The summed E-state index contributed by atoms with van der Waals surface area (Å²) in [5.41, 5.74) is -0.0351. The van der Waals surface area contributed by atoms with E-state index in [1.807, 2.05) is 30.3 Å². The van der Waals surface area contributed by atoms with Gasteiger partial charge in [-0.15, -0.1) is 0 Å². The summed E-state index contributed by atoms with van der Waals surface area (Å²) in [4.78, 5) is 24.8. The van der Waals surface area contributed by atoms with Gasteiger partial charge in [-0.05, 0) is 38.5 Å². The molecule has 0 radical (unpaired) electrons. The summed E-state index contributed by atoms with van der Waals surface area (Å²) in [6, 6.07) is 13.4. The Morgan fingerprint density at radius 3 is 2.40 bits per heavy atom. The molecule has 0 fully saturated rings. The first kappa shape index (κ1) is 18.7. The molecule has 25 heavy (non-hydrogen) atoms. The second-order valence-corrected chi connectivity index (χ2v) is 6.88. The van der Waals surface area contributed by atoms with Crippen LogP contribution in [-0.2, 0) is 11.3 Å². The lowest BCUT2D eigenvalue weighted by molar-refractivity contribution is -0.384. The van der Waals surface area contributed by atoms with E-state index in [2.05, 4.69) is 0 Å². The molecule has 0 saturated carbocycles. The molecule has 0 unspecified atom stereocenters. The van der Waals surface area contributed by atoms with E-state index in [1.165, 1.54) is 23.1 Å². The number of carbonyl (C=O) groups is 1. The fourth-order valence-corrected chi connectivity index (χ4v) is 2.37. The number of nitrogens with zero attached hydrogens (tertiary/aromatic N) is 2. The van der Waals surface area contributed by atoms with Gasteiger partial charge in [0.25, 0.3) is 5.69 Å². The van der Waals surface area contributed by atoms with E-state index in [-0.39, 0.29) is 22.9 Å². The van der Waals surface area contributed by atoms with Gasteiger partial charge in [-0.3, -0.25) is 15.0 Å². The minimum atomic E-state index is -0.729. The van der Waals surface area contributed by atoms with E-state index in [9.17, 15) is 14.9 Å². The average molecular weight is 363 g/mol. The van der Waals surface area contributed by atoms with Gasteiger partial charge in [0.2, 0.25) is 0 Å². The van der Waals surface area contributed by atoms with E-state index in [0.717, 1.165) is 5.56 Å². The van der Waals surface area contributed by atoms with E-state index in [4.69, 9.17) is 16.3 Å². The Morgan fingerprint density at radius 2 is 1.84 bits per heavy atom. The molecular weight excluding hydrogens is 344 g/mol. The highest BCUT2D eigenvalue weighted by Crippen LogP contribution is 2.33. The van der Waals surface area contributed by atoms with Crippen LogP contribution in [0.15, 0.2) is 48.5 Å². The highest BCUT2D eigenvalue weighted by molar-refractivity contribution is 6.31. The van der Waals surface area contributed by atoms with Gasteiger partial charge in [0.1, 0.15) is 11.3 Å². The van der Waals surface area contributed by atoms with Crippen LogP contribution in [0.3, 0.4) is 0 Å². The van der Waals surface area contributed by atoms with Gasteiger partial charge in [-0.2, -0.15) is 0 Å². The maximum Gasteiger partial charge on any atom is 0.415 e. The molecular formula is C18H19ClN2O4. The molecule has 0 N–H and O–H groups in total. The van der Waals surface area contributed by atoms with E-state index >= 15 is 0 Å². The third kappa shape index (κ3) is 5.19. The SMILES string of the molecule is CC(C)(C)OC(=O)N(Cc1ccccc1)c1ccc(Cl)cc1[N+](=O)[O-]. The van der Waals surface area contributed by atoms with Crippen molar-refractivity contribution in [2.75, 3.05) is 4.90 Å². The van der Waals surface area contributed by atoms with Crippen molar-refractivity contribution in [3.63, 3.8) is 0 Å². The Balaban J connectivity index is 2.48. The second kappa shape index (κ2) is 7.53. The predicted molar refractivity (Wildman–Crippen MR) is 97.0 cm³/mol. The van der Waals surface area contributed by atoms with Crippen LogP contribution < -0.4 is 4.90 Å². The van der Waals surface area contributed by atoms with Crippen LogP contribution in [0.4, 0.5) is 16.2 Å². The van der Waals surface area contributed by atoms with Gasteiger partial charge in [-0.25, -0.2) is 4.79 Å². The number of anilines is 1. The monoisotopic (exact) mass is 362 g/mol. The molecule has 1 amide bonds. The summed E-state index contributed by atoms with van der Waals surface area (Å²) < 4.78 is 5.42.